The molecule has 0 aliphatic heterocycles. The van der Waals surface area contributed by atoms with Crippen LogP contribution in [0.5, 0.6) is 0 Å². The van der Waals surface area contributed by atoms with Crippen LogP contribution >= 0.6 is 0 Å². The first-order chi connectivity index (χ1) is 12.8. The monoisotopic (exact) mass is 363 g/mol. The van der Waals surface area contributed by atoms with Crippen LogP contribution in [-0.2, 0) is 4.79 Å². The molecule has 0 spiro atoms. The smallest absolute Gasteiger partial charge is 0.262 e. The van der Waals surface area contributed by atoms with E-state index in [2.05, 4.69) is 54.0 Å². The molecule has 0 aliphatic carbocycles. The SMILES string of the molecule is CC(/C=N\NC(=O)[C@@H](C)Nc1ccc(C)cc1)=C/c1ccc(C(C)C)cc1. The van der Waals surface area contributed by atoms with Crippen molar-refractivity contribution in [2.24, 2.45) is 5.10 Å². The largest absolute Gasteiger partial charge is 0.374 e. The number of hydrogen-bond acceptors (Lipinski definition) is 3. The Kier molecular flexibility index (Phi) is 7.35. The Bertz CT molecular complexity index is 803. The highest BCUT2D eigenvalue weighted by Crippen LogP contribution is 2.16. The number of nitrogens with one attached hydrogen (secondary N) is 2. The molecule has 0 saturated carbocycles. The van der Waals surface area contributed by atoms with Crippen LogP contribution in [0.25, 0.3) is 6.08 Å². The molecule has 2 aromatic carbocycles. The van der Waals surface area contributed by atoms with Crippen LogP contribution in [0.1, 0.15) is 50.3 Å². The second kappa shape index (κ2) is 9.72. The molecular weight excluding hydrogens is 334 g/mol. The van der Waals surface area contributed by atoms with Crippen molar-refractivity contribution in [1.29, 1.82) is 0 Å². The lowest BCUT2D eigenvalue weighted by Crippen LogP contribution is -2.34. The van der Waals surface area contributed by atoms with Crippen molar-refractivity contribution in [2.75, 3.05) is 5.32 Å². The predicted molar refractivity (Wildman–Crippen MR) is 115 cm³/mol. The van der Waals surface area contributed by atoms with Crippen LogP contribution in [0, 0.1) is 6.92 Å². The fraction of sp³-hybridized carbons (Fsp3) is 0.304. The summed E-state index contributed by atoms with van der Waals surface area (Å²) in [5, 5.41) is 7.22. The second-order valence-corrected chi connectivity index (χ2v) is 7.18. The van der Waals surface area contributed by atoms with Crippen molar-refractivity contribution in [2.45, 2.75) is 46.6 Å². The van der Waals surface area contributed by atoms with Gasteiger partial charge in [0.05, 0.1) is 6.21 Å². The van der Waals surface area contributed by atoms with E-state index in [1.54, 1.807) is 6.21 Å². The standard InChI is InChI=1S/C23H29N3O/c1-16(2)21-10-8-20(9-11-21)14-18(4)15-24-26-23(27)19(5)25-22-12-6-17(3)7-13-22/h6-16,19,25H,1-5H3,(H,26,27)/b18-14-,24-15-/t19-/m1/s1. The van der Waals surface area contributed by atoms with Crippen molar-refractivity contribution in [3.8, 4) is 0 Å². The molecule has 0 aromatic heterocycles. The lowest BCUT2D eigenvalue weighted by molar-refractivity contribution is -0.121. The molecule has 2 rings (SSSR count). The van der Waals surface area contributed by atoms with Crippen LogP contribution in [-0.4, -0.2) is 18.2 Å². The Labute approximate surface area is 162 Å². The number of hydrazone groups is 1. The van der Waals surface area contributed by atoms with Gasteiger partial charge < -0.3 is 5.32 Å². The van der Waals surface area contributed by atoms with Crippen molar-refractivity contribution < 1.29 is 4.79 Å². The lowest BCUT2D eigenvalue weighted by Gasteiger charge is -2.13. The molecule has 0 unspecified atom stereocenters. The Hall–Kier alpha value is -2.88. The number of nitrogens with zero attached hydrogens (tertiary/aromatic N) is 1. The molecule has 0 saturated heterocycles. The summed E-state index contributed by atoms with van der Waals surface area (Å²) in [4.78, 5) is 12.1. The summed E-state index contributed by atoms with van der Waals surface area (Å²) in [7, 11) is 0. The Morgan fingerprint density at radius 1 is 1.00 bits per heavy atom. The first-order valence-corrected chi connectivity index (χ1v) is 9.29. The Balaban J connectivity index is 1.87. The fourth-order valence-corrected chi connectivity index (χ4v) is 2.54. The minimum atomic E-state index is -0.377. The third-order valence-corrected chi connectivity index (χ3v) is 4.27. The Morgan fingerprint density at radius 3 is 2.22 bits per heavy atom. The quantitative estimate of drug-likeness (QED) is 0.529. The highest BCUT2D eigenvalue weighted by molar-refractivity contribution is 5.88. The first-order valence-electron chi connectivity index (χ1n) is 9.29. The van der Waals surface area contributed by atoms with Crippen LogP contribution in [0.15, 0.2) is 59.2 Å². The average molecular weight is 364 g/mol. The molecule has 4 nitrogen and oxygen atoms in total. The second-order valence-electron chi connectivity index (χ2n) is 7.18. The molecule has 2 N–H and O–H groups in total. The van der Waals surface area contributed by atoms with Gasteiger partial charge in [-0.05, 0) is 55.5 Å². The van der Waals surface area contributed by atoms with E-state index in [1.165, 1.54) is 11.1 Å². The van der Waals surface area contributed by atoms with E-state index in [0.29, 0.717) is 5.92 Å². The van der Waals surface area contributed by atoms with E-state index in [1.807, 2.05) is 51.1 Å². The minimum absolute atomic E-state index is 0.180. The number of benzene rings is 2. The van der Waals surface area contributed by atoms with Crippen molar-refractivity contribution in [3.63, 3.8) is 0 Å². The maximum Gasteiger partial charge on any atom is 0.262 e. The fourth-order valence-electron chi connectivity index (χ4n) is 2.54. The van der Waals surface area contributed by atoms with E-state index < -0.39 is 0 Å². The zero-order valence-electron chi connectivity index (χ0n) is 16.8. The van der Waals surface area contributed by atoms with Gasteiger partial charge in [0.2, 0.25) is 0 Å². The third kappa shape index (κ3) is 6.74. The summed E-state index contributed by atoms with van der Waals surface area (Å²) in [6.45, 7) is 10.2. The van der Waals surface area contributed by atoms with E-state index in [0.717, 1.165) is 16.8 Å². The lowest BCUT2D eigenvalue weighted by atomic mass is 10.0. The molecule has 0 heterocycles. The summed E-state index contributed by atoms with van der Waals surface area (Å²) in [5.74, 6) is 0.345. The van der Waals surface area contributed by atoms with Gasteiger partial charge in [0, 0.05) is 5.69 Å². The maximum absolute atomic E-state index is 12.1. The number of anilines is 1. The van der Waals surface area contributed by atoms with Crippen LogP contribution in [0.4, 0.5) is 5.69 Å². The number of rotatable bonds is 7. The first kappa shape index (κ1) is 20.4. The zero-order chi connectivity index (χ0) is 19.8. The van der Waals surface area contributed by atoms with E-state index in [4.69, 9.17) is 0 Å². The van der Waals surface area contributed by atoms with Crippen molar-refractivity contribution >= 4 is 23.9 Å². The summed E-state index contributed by atoms with van der Waals surface area (Å²) in [6, 6.07) is 16.0. The van der Waals surface area contributed by atoms with E-state index in [9.17, 15) is 4.79 Å². The predicted octanol–water partition coefficient (Wildman–Crippen LogP) is 5.12. The van der Waals surface area contributed by atoms with Gasteiger partial charge in [-0.1, -0.05) is 61.9 Å². The van der Waals surface area contributed by atoms with Gasteiger partial charge in [-0.25, -0.2) is 5.43 Å². The minimum Gasteiger partial charge on any atom is -0.374 e. The number of amides is 1. The van der Waals surface area contributed by atoms with Gasteiger partial charge >= 0.3 is 0 Å². The number of carbonyl (C=O) groups excluding carboxylic acids is 1. The highest BCUT2D eigenvalue weighted by atomic mass is 16.2. The van der Waals surface area contributed by atoms with Crippen LogP contribution in [0.2, 0.25) is 0 Å². The molecule has 27 heavy (non-hydrogen) atoms. The van der Waals surface area contributed by atoms with Gasteiger partial charge in [-0.2, -0.15) is 5.10 Å². The molecular formula is C23H29N3O. The van der Waals surface area contributed by atoms with Crippen LogP contribution < -0.4 is 10.7 Å². The summed E-state index contributed by atoms with van der Waals surface area (Å²) in [6.07, 6.45) is 3.70. The van der Waals surface area contributed by atoms with Gasteiger partial charge in [-0.15, -0.1) is 0 Å². The number of hydrogen-bond donors (Lipinski definition) is 2. The molecule has 0 radical (unpaired) electrons. The number of aryl methyl sites for hydroxylation is 1. The van der Waals surface area contributed by atoms with E-state index in [-0.39, 0.29) is 11.9 Å². The molecule has 0 bridgehead atoms. The molecule has 0 fully saturated rings. The van der Waals surface area contributed by atoms with Gasteiger partial charge in [0.25, 0.3) is 5.91 Å². The zero-order valence-corrected chi connectivity index (χ0v) is 16.8. The summed E-state index contributed by atoms with van der Waals surface area (Å²) < 4.78 is 0. The summed E-state index contributed by atoms with van der Waals surface area (Å²) >= 11 is 0. The van der Waals surface area contributed by atoms with Gasteiger partial charge in [0.15, 0.2) is 0 Å². The van der Waals surface area contributed by atoms with Crippen LogP contribution in [0.3, 0.4) is 0 Å². The maximum atomic E-state index is 12.1. The highest BCUT2D eigenvalue weighted by Gasteiger charge is 2.11. The van der Waals surface area contributed by atoms with E-state index >= 15 is 0 Å². The van der Waals surface area contributed by atoms with Crippen molar-refractivity contribution in [3.05, 3.63) is 70.8 Å². The average Bonchev–Trinajstić information content (AvgIpc) is 2.64. The topological polar surface area (TPSA) is 53.5 Å². The number of carbonyl (C=O) groups is 1. The van der Waals surface area contributed by atoms with Gasteiger partial charge in [0.1, 0.15) is 6.04 Å². The normalized spacial score (nSPS) is 13.0. The number of allylic oxidation sites excluding steroid dienone is 1. The summed E-state index contributed by atoms with van der Waals surface area (Å²) in [5.41, 5.74) is 8.08. The van der Waals surface area contributed by atoms with Crippen molar-refractivity contribution in [1.82, 2.24) is 5.43 Å². The molecule has 1 amide bonds. The molecule has 1 atom stereocenters. The molecule has 0 aliphatic rings. The Morgan fingerprint density at radius 2 is 1.63 bits per heavy atom. The molecule has 2 aromatic rings. The molecule has 4 heteroatoms. The van der Waals surface area contributed by atoms with Gasteiger partial charge in [-0.3, -0.25) is 4.79 Å². The molecule has 142 valence electrons. The third-order valence-electron chi connectivity index (χ3n) is 4.27.